The maximum absolute atomic E-state index is 12.5. The van der Waals surface area contributed by atoms with E-state index in [1.165, 1.54) is 5.56 Å². The van der Waals surface area contributed by atoms with E-state index >= 15 is 0 Å². The van der Waals surface area contributed by atoms with Crippen molar-refractivity contribution in [3.05, 3.63) is 46.4 Å². The second-order valence-electron chi connectivity index (χ2n) is 11.3. The molecule has 0 bridgehead atoms. The van der Waals surface area contributed by atoms with Crippen molar-refractivity contribution in [3.8, 4) is 5.75 Å². The lowest BCUT2D eigenvalue weighted by Gasteiger charge is -2.09. The summed E-state index contributed by atoms with van der Waals surface area (Å²) in [6, 6.07) is 8.06. The molecule has 3 N–H and O–H groups in total. The summed E-state index contributed by atoms with van der Waals surface area (Å²) in [4.78, 5) is 32.1. The molecule has 1 aromatic heterocycles. The summed E-state index contributed by atoms with van der Waals surface area (Å²) in [5.41, 5.74) is 7.89. The van der Waals surface area contributed by atoms with E-state index in [2.05, 4.69) is 29.0 Å². The van der Waals surface area contributed by atoms with Crippen LogP contribution in [0.2, 0.25) is 5.15 Å². The number of hydrogen-bond donors (Lipinski definition) is 2. The van der Waals surface area contributed by atoms with Gasteiger partial charge in [-0.2, -0.15) is 0 Å². The number of hydrogen-bond acceptors (Lipinski definition) is 11. The van der Waals surface area contributed by atoms with Crippen LogP contribution in [0.4, 0.5) is 5.82 Å². The van der Waals surface area contributed by atoms with Gasteiger partial charge in [-0.1, -0.05) is 43.5 Å². The number of nitrogens with two attached hydrogens (primary N) is 1. The zero-order valence-electron chi connectivity index (χ0n) is 28.2. The maximum atomic E-state index is 12.5. The van der Waals surface area contributed by atoms with Crippen LogP contribution in [-0.4, -0.2) is 86.7 Å². The molecule has 0 saturated heterocycles. The number of Topliss-reactive ketones (excluding diaryl/α,β-unsaturated/α-hetero) is 2. The van der Waals surface area contributed by atoms with E-state index < -0.39 is 0 Å². The van der Waals surface area contributed by atoms with Crippen molar-refractivity contribution in [1.29, 1.82) is 5.41 Å². The predicted molar refractivity (Wildman–Crippen MR) is 184 cm³/mol. The third kappa shape index (κ3) is 18.8. The Balaban J connectivity index is 1.39. The van der Waals surface area contributed by atoms with Crippen LogP contribution in [0.15, 0.2) is 24.3 Å². The van der Waals surface area contributed by atoms with Crippen molar-refractivity contribution in [3.63, 3.8) is 0 Å². The SMILES string of the molecule is CCCCC(=O)CCCOCCOCCOCCOCCOc1ccc(CCCCCC(=N)CC(=O)c2nc(Cl)c(C)nc2N)cc1. The Morgan fingerprint density at radius 3 is 2.00 bits per heavy atom. The quantitative estimate of drug-likeness (QED) is 0.0561. The third-order valence-electron chi connectivity index (χ3n) is 7.21. The van der Waals surface area contributed by atoms with Crippen molar-refractivity contribution in [1.82, 2.24) is 9.97 Å². The Bertz CT molecular complexity index is 1200. The van der Waals surface area contributed by atoms with Crippen molar-refractivity contribution in [2.24, 2.45) is 0 Å². The number of nitrogens with one attached hydrogen (secondary N) is 1. The Labute approximate surface area is 284 Å². The first-order valence-corrected chi connectivity index (χ1v) is 17.1. The first-order chi connectivity index (χ1) is 22.8. The molecular formula is C35H53ClN4O7. The molecule has 12 heteroatoms. The minimum atomic E-state index is -0.333. The predicted octanol–water partition coefficient (Wildman–Crippen LogP) is 6.40. The first-order valence-electron chi connectivity index (χ1n) is 16.7. The van der Waals surface area contributed by atoms with Gasteiger partial charge < -0.3 is 34.8 Å². The van der Waals surface area contributed by atoms with Crippen LogP contribution in [0.25, 0.3) is 0 Å². The molecule has 0 atom stereocenters. The van der Waals surface area contributed by atoms with Crippen LogP contribution in [0.1, 0.15) is 92.9 Å². The van der Waals surface area contributed by atoms with E-state index in [9.17, 15) is 9.59 Å². The molecule has 0 radical (unpaired) electrons. The topological polar surface area (TPSA) is 156 Å². The lowest BCUT2D eigenvalue weighted by atomic mass is 10.0. The zero-order valence-corrected chi connectivity index (χ0v) is 28.9. The summed E-state index contributed by atoms with van der Waals surface area (Å²) in [6.07, 6.45) is 8.32. The minimum Gasteiger partial charge on any atom is -0.491 e. The lowest BCUT2D eigenvalue weighted by Crippen LogP contribution is -2.14. The zero-order chi connectivity index (χ0) is 34.1. The van der Waals surface area contributed by atoms with Crippen LogP contribution < -0.4 is 10.5 Å². The van der Waals surface area contributed by atoms with Crippen LogP contribution >= 0.6 is 11.6 Å². The molecular weight excluding hydrogens is 624 g/mol. The van der Waals surface area contributed by atoms with Crippen LogP contribution in [0.3, 0.4) is 0 Å². The first kappa shape index (κ1) is 40.2. The summed E-state index contributed by atoms with van der Waals surface area (Å²) in [7, 11) is 0. The average Bonchev–Trinajstić information content (AvgIpc) is 3.05. The van der Waals surface area contributed by atoms with Crippen LogP contribution in [0.5, 0.6) is 5.75 Å². The Morgan fingerprint density at radius 1 is 0.766 bits per heavy atom. The second kappa shape index (κ2) is 25.1. The van der Waals surface area contributed by atoms with Gasteiger partial charge in [-0.25, -0.2) is 9.97 Å². The van der Waals surface area contributed by atoms with Crippen molar-refractivity contribution >= 4 is 34.7 Å². The monoisotopic (exact) mass is 676 g/mol. The largest absolute Gasteiger partial charge is 0.491 e. The number of carbonyl (C=O) groups excluding carboxylic acids is 2. The fourth-order valence-corrected chi connectivity index (χ4v) is 4.66. The van der Waals surface area contributed by atoms with Gasteiger partial charge in [0.15, 0.2) is 22.4 Å². The highest BCUT2D eigenvalue weighted by molar-refractivity contribution is 6.30. The van der Waals surface area contributed by atoms with E-state index in [-0.39, 0.29) is 28.9 Å². The number of unbranched alkanes of at least 4 members (excludes halogenated alkanes) is 3. The normalized spacial score (nSPS) is 11.1. The van der Waals surface area contributed by atoms with Crippen molar-refractivity contribution in [2.75, 3.05) is 65.2 Å². The van der Waals surface area contributed by atoms with Gasteiger partial charge in [0.25, 0.3) is 0 Å². The molecule has 0 aliphatic heterocycles. The lowest BCUT2D eigenvalue weighted by molar-refractivity contribution is -0.119. The summed E-state index contributed by atoms with van der Waals surface area (Å²) in [5, 5.41) is 8.30. The summed E-state index contributed by atoms with van der Waals surface area (Å²) in [6.45, 7) is 8.30. The molecule has 0 amide bonds. The molecule has 1 heterocycles. The summed E-state index contributed by atoms with van der Waals surface area (Å²) >= 11 is 5.97. The standard InChI is InChI=1S/C35H53ClN4O7/c1-3-4-11-30(41)12-8-17-43-18-19-44-20-21-45-22-23-46-24-25-47-31-15-13-28(14-16-31)9-6-5-7-10-29(37)26-32(42)33-35(38)39-27(2)34(36)40-33/h13-16,37H,3-12,17-26H2,1-2H3,(H2,38,39). The van der Waals surface area contributed by atoms with E-state index in [0.29, 0.717) is 95.9 Å². The third-order valence-corrected chi connectivity index (χ3v) is 7.57. The van der Waals surface area contributed by atoms with E-state index in [1.54, 1.807) is 6.92 Å². The molecule has 11 nitrogen and oxygen atoms in total. The van der Waals surface area contributed by atoms with Gasteiger partial charge in [0.1, 0.15) is 18.1 Å². The number of benzene rings is 1. The van der Waals surface area contributed by atoms with Gasteiger partial charge in [0.2, 0.25) is 0 Å². The number of ether oxygens (including phenoxy) is 5. The number of nitrogen functional groups attached to an aromatic ring is 1. The second-order valence-corrected chi connectivity index (χ2v) is 11.6. The molecule has 2 aromatic rings. The maximum Gasteiger partial charge on any atom is 0.190 e. The highest BCUT2D eigenvalue weighted by atomic mass is 35.5. The van der Waals surface area contributed by atoms with E-state index in [1.807, 2.05) is 12.1 Å². The molecule has 0 saturated carbocycles. The van der Waals surface area contributed by atoms with E-state index in [4.69, 9.17) is 46.4 Å². The Kier molecular flexibility index (Phi) is 21.5. The number of aryl methyl sites for hydroxylation is 2. The number of anilines is 1. The highest BCUT2D eigenvalue weighted by Gasteiger charge is 2.17. The molecule has 262 valence electrons. The van der Waals surface area contributed by atoms with Gasteiger partial charge in [-0.05, 0) is 63.1 Å². The molecule has 0 aliphatic carbocycles. The molecule has 0 aliphatic rings. The fourth-order valence-electron chi connectivity index (χ4n) is 4.53. The van der Waals surface area contributed by atoms with E-state index in [0.717, 1.165) is 50.7 Å². The molecule has 2 rings (SSSR count). The number of halogens is 1. The molecule has 0 spiro atoms. The fraction of sp³-hybridized carbons (Fsp3) is 0.629. The van der Waals surface area contributed by atoms with Crippen molar-refractivity contribution < 1.29 is 33.3 Å². The van der Waals surface area contributed by atoms with Gasteiger partial charge in [-0.3, -0.25) is 9.59 Å². The van der Waals surface area contributed by atoms with Crippen LogP contribution in [0, 0.1) is 12.3 Å². The van der Waals surface area contributed by atoms with Crippen molar-refractivity contribution in [2.45, 2.75) is 84.5 Å². The number of ketones is 2. The minimum absolute atomic E-state index is 0.0306. The molecule has 0 fully saturated rings. The Morgan fingerprint density at radius 2 is 1.36 bits per heavy atom. The summed E-state index contributed by atoms with van der Waals surface area (Å²) < 4.78 is 27.8. The molecule has 0 unspecified atom stereocenters. The van der Waals surface area contributed by atoms with Crippen LogP contribution in [-0.2, 0) is 30.2 Å². The van der Waals surface area contributed by atoms with Gasteiger partial charge >= 0.3 is 0 Å². The molecule has 47 heavy (non-hydrogen) atoms. The molecule has 1 aromatic carbocycles. The summed E-state index contributed by atoms with van der Waals surface area (Å²) in [5.74, 6) is 0.839. The van der Waals surface area contributed by atoms with Gasteiger partial charge in [0, 0.05) is 25.2 Å². The Hall–Kier alpha value is -2.96. The van der Waals surface area contributed by atoms with Gasteiger partial charge in [0.05, 0.1) is 58.4 Å². The number of nitrogens with zero attached hydrogens (tertiary/aromatic N) is 2. The van der Waals surface area contributed by atoms with Gasteiger partial charge in [-0.15, -0.1) is 0 Å². The highest BCUT2D eigenvalue weighted by Crippen LogP contribution is 2.18. The average molecular weight is 677 g/mol. The smallest absolute Gasteiger partial charge is 0.190 e. The number of carbonyl (C=O) groups is 2. The number of rotatable bonds is 29. The number of aromatic nitrogens is 2.